The largest absolute Gasteiger partial charge is 0.393 e. The summed E-state index contributed by atoms with van der Waals surface area (Å²) in [6.07, 6.45) is 1.04. The number of carbonyl (C=O) groups excluding carboxylic acids is 1. The number of hydrogen-bond acceptors (Lipinski definition) is 3. The lowest BCUT2D eigenvalue weighted by Crippen LogP contribution is -2.36. The van der Waals surface area contributed by atoms with Crippen molar-refractivity contribution in [3.8, 4) is 0 Å². The maximum absolute atomic E-state index is 14.4. The molecule has 0 unspecified atom stereocenters. The number of rotatable bonds is 4. The van der Waals surface area contributed by atoms with E-state index in [2.05, 4.69) is 5.32 Å². The van der Waals surface area contributed by atoms with Crippen molar-refractivity contribution < 1.29 is 14.3 Å². The highest BCUT2D eigenvalue weighted by atomic mass is 19.1. The molecule has 4 nitrogen and oxygen atoms in total. The summed E-state index contributed by atoms with van der Waals surface area (Å²) in [4.78, 5) is 14.2. The Morgan fingerprint density at radius 2 is 1.96 bits per heavy atom. The molecule has 0 aliphatic carbocycles. The van der Waals surface area contributed by atoms with Crippen LogP contribution in [0.15, 0.2) is 42.5 Å². The van der Waals surface area contributed by atoms with E-state index in [9.17, 15) is 14.3 Å². The van der Waals surface area contributed by atoms with Crippen molar-refractivity contribution in [2.45, 2.75) is 32.4 Å². The number of benzene rings is 2. The number of carbonyl (C=O) groups is 1. The average molecular weight is 342 g/mol. The number of hydrogen-bond donors (Lipinski definition) is 2. The van der Waals surface area contributed by atoms with Gasteiger partial charge in [-0.3, -0.25) is 4.79 Å². The molecule has 2 aromatic rings. The van der Waals surface area contributed by atoms with Gasteiger partial charge in [-0.15, -0.1) is 0 Å². The lowest BCUT2D eigenvalue weighted by atomic mass is 10.1. The zero-order valence-corrected chi connectivity index (χ0v) is 14.3. The summed E-state index contributed by atoms with van der Waals surface area (Å²) in [5.41, 5.74) is 2.82. The van der Waals surface area contributed by atoms with Crippen LogP contribution in [0.4, 0.5) is 10.1 Å². The fourth-order valence-electron chi connectivity index (χ4n) is 3.13. The van der Waals surface area contributed by atoms with E-state index >= 15 is 0 Å². The Kier molecular flexibility index (Phi) is 5.34. The molecule has 0 atom stereocenters. The van der Waals surface area contributed by atoms with E-state index in [1.807, 2.05) is 36.1 Å². The van der Waals surface area contributed by atoms with E-state index in [1.54, 1.807) is 12.1 Å². The number of amides is 1. The van der Waals surface area contributed by atoms with Crippen molar-refractivity contribution >= 4 is 11.6 Å². The van der Waals surface area contributed by atoms with Gasteiger partial charge in [0.2, 0.25) is 0 Å². The second-order valence-corrected chi connectivity index (χ2v) is 6.50. The molecule has 1 saturated heterocycles. The van der Waals surface area contributed by atoms with E-state index < -0.39 is 0 Å². The van der Waals surface area contributed by atoms with Gasteiger partial charge in [-0.25, -0.2) is 4.39 Å². The molecule has 0 spiro atoms. The summed E-state index contributed by atoms with van der Waals surface area (Å²) in [7, 11) is 0. The number of anilines is 1. The fourth-order valence-corrected chi connectivity index (χ4v) is 3.13. The highest BCUT2D eigenvalue weighted by Crippen LogP contribution is 2.24. The summed E-state index contributed by atoms with van der Waals surface area (Å²) in [5, 5.41) is 12.4. The van der Waals surface area contributed by atoms with E-state index in [-0.39, 0.29) is 24.4 Å². The number of nitrogens with zero attached hydrogens (tertiary/aromatic N) is 1. The zero-order chi connectivity index (χ0) is 17.8. The van der Waals surface area contributed by atoms with Crippen LogP contribution in [0.25, 0.3) is 0 Å². The van der Waals surface area contributed by atoms with E-state index in [0.717, 1.165) is 11.1 Å². The molecule has 0 aromatic heterocycles. The zero-order valence-electron chi connectivity index (χ0n) is 14.3. The third kappa shape index (κ3) is 4.17. The summed E-state index contributed by atoms with van der Waals surface area (Å²) in [6, 6.07) is 12.4. The molecule has 2 aromatic carbocycles. The minimum absolute atomic E-state index is 0.160. The van der Waals surface area contributed by atoms with Crippen molar-refractivity contribution in [3.63, 3.8) is 0 Å². The van der Waals surface area contributed by atoms with Crippen molar-refractivity contribution in [3.05, 3.63) is 65.0 Å². The highest BCUT2D eigenvalue weighted by molar-refractivity contribution is 5.95. The molecule has 1 heterocycles. The molecule has 2 N–H and O–H groups in total. The van der Waals surface area contributed by atoms with Crippen LogP contribution in [0.2, 0.25) is 0 Å². The molecule has 1 fully saturated rings. The van der Waals surface area contributed by atoms with Gasteiger partial charge in [0.25, 0.3) is 5.91 Å². The Morgan fingerprint density at radius 1 is 1.24 bits per heavy atom. The van der Waals surface area contributed by atoms with Gasteiger partial charge in [0.05, 0.1) is 11.8 Å². The van der Waals surface area contributed by atoms with Gasteiger partial charge in [-0.1, -0.05) is 24.3 Å². The van der Waals surface area contributed by atoms with Crippen molar-refractivity contribution in [1.29, 1.82) is 0 Å². The maximum atomic E-state index is 14.4. The molecular formula is C20H23FN2O2. The molecule has 0 radical (unpaired) electrons. The number of aliphatic hydroxyl groups is 1. The first kappa shape index (κ1) is 17.4. The minimum atomic E-state index is -0.293. The lowest BCUT2D eigenvalue weighted by molar-refractivity contribution is 0.0950. The van der Waals surface area contributed by atoms with Crippen LogP contribution in [-0.2, 0) is 6.54 Å². The standard InChI is InChI=1S/C20H23FN2O2/c1-14-4-2-3-5-17(14)20(25)22-13-15-6-7-19(18(21)12-15)23-10-8-16(24)9-11-23/h2-7,12,16,24H,8-11,13H2,1H3,(H,22,25). The Balaban J connectivity index is 1.63. The average Bonchev–Trinajstić information content (AvgIpc) is 2.61. The normalized spacial score (nSPS) is 15.2. The fraction of sp³-hybridized carbons (Fsp3) is 0.350. The van der Waals surface area contributed by atoms with E-state index in [1.165, 1.54) is 6.07 Å². The summed E-state index contributed by atoms with van der Waals surface area (Å²) >= 11 is 0. The molecule has 1 aliphatic heterocycles. The third-order valence-electron chi connectivity index (χ3n) is 4.66. The minimum Gasteiger partial charge on any atom is -0.393 e. The van der Waals surface area contributed by atoms with E-state index in [4.69, 9.17) is 0 Å². The Bertz CT molecular complexity index is 755. The van der Waals surface area contributed by atoms with E-state index in [0.29, 0.717) is 37.2 Å². The summed E-state index contributed by atoms with van der Waals surface area (Å²) in [5.74, 6) is -0.452. The van der Waals surface area contributed by atoms with Crippen LogP contribution >= 0.6 is 0 Å². The van der Waals surface area contributed by atoms with Crippen LogP contribution in [0, 0.1) is 12.7 Å². The van der Waals surface area contributed by atoms with Crippen LogP contribution < -0.4 is 10.2 Å². The molecule has 3 rings (SSSR count). The van der Waals surface area contributed by atoms with Gasteiger partial charge in [0.1, 0.15) is 5.82 Å². The maximum Gasteiger partial charge on any atom is 0.251 e. The van der Waals surface area contributed by atoms with Gasteiger partial charge >= 0.3 is 0 Å². The van der Waals surface area contributed by atoms with Crippen LogP contribution in [0.3, 0.4) is 0 Å². The van der Waals surface area contributed by atoms with Crippen LogP contribution in [0.1, 0.15) is 34.3 Å². The number of aryl methyl sites for hydroxylation is 1. The topological polar surface area (TPSA) is 52.6 Å². The highest BCUT2D eigenvalue weighted by Gasteiger charge is 2.19. The molecular weight excluding hydrogens is 319 g/mol. The van der Waals surface area contributed by atoms with Crippen molar-refractivity contribution in [2.24, 2.45) is 0 Å². The van der Waals surface area contributed by atoms with Gasteiger partial charge in [-0.05, 0) is 49.1 Å². The van der Waals surface area contributed by atoms with Crippen molar-refractivity contribution in [1.82, 2.24) is 5.32 Å². The predicted octanol–water partition coefficient (Wildman–Crippen LogP) is 3.03. The summed E-state index contributed by atoms with van der Waals surface area (Å²) < 4.78 is 14.4. The molecule has 5 heteroatoms. The van der Waals surface area contributed by atoms with Crippen LogP contribution in [-0.4, -0.2) is 30.2 Å². The first-order valence-electron chi connectivity index (χ1n) is 8.60. The number of aliphatic hydroxyl groups excluding tert-OH is 1. The first-order chi connectivity index (χ1) is 12.0. The molecule has 1 amide bonds. The number of piperidine rings is 1. The SMILES string of the molecule is Cc1ccccc1C(=O)NCc1ccc(N2CCC(O)CC2)c(F)c1. The first-order valence-corrected chi connectivity index (χ1v) is 8.60. The van der Waals surface area contributed by atoms with Crippen molar-refractivity contribution in [2.75, 3.05) is 18.0 Å². The number of nitrogens with one attached hydrogen (secondary N) is 1. The predicted molar refractivity (Wildman–Crippen MR) is 96.2 cm³/mol. The van der Waals surface area contributed by atoms with Gasteiger partial charge in [-0.2, -0.15) is 0 Å². The molecule has 25 heavy (non-hydrogen) atoms. The molecule has 0 saturated carbocycles. The molecule has 0 bridgehead atoms. The second kappa shape index (κ2) is 7.66. The monoisotopic (exact) mass is 342 g/mol. The Morgan fingerprint density at radius 3 is 2.64 bits per heavy atom. The van der Waals surface area contributed by atoms with Gasteiger partial charge in [0.15, 0.2) is 0 Å². The smallest absolute Gasteiger partial charge is 0.251 e. The number of halogens is 1. The summed E-state index contributed by atoms with van der Waals surface area (Å²) in [6.45, 7) is 3.48. The Labute approximate surface area is 147 Å². The van der Waals surface area contributed by atoms with Gasteiger partial charge < -0.3 is 15.3 Å². The van der Waals surface area contributed by atoms with Crippen LogP contribution in [0.5, 0.6) is 0 Å². The van der Waals surface area contributed by atoms with Gasteiger partial charge in [0, 0.05) is 25.2 Å². The molecule has 132 valence electrons. The second-order valence-electron chi connectivity index (χ2n) is 6.50. The third-order valence-corrected chi connectivity index (χ3v) is 4.66. The Hall–Kier alpha value is -2.40. The quantitative estimate of drug-likeness (QED) is 0.898. The molecule has 1 aliphatic rings. The lowest BCUT2D eigenvalue weighted by Gasteiger charge is -2.31.